The van der Waals surface area contributed by atoms with Gasteiger partial charge in [-0.25, -0.2) is 13.1 Å². The zero-order chi connectivity index (χ0) is 16.4. The van der Waals surface area contributed by atoms with Gasteiger partial charge in [-0.2, -0.15) is 0 Å². The lowest BCUT2D eigenvalue weighted by Crippen LogP contribution is -2.40. The van der Waals surface area contributed by atoms with Crippen LogP contribution in [0.25, 0.3) is 0 Å². The largest absolute Gasteiger partial charge is 0.376 e. The Morgan fingerprint density at radius 2 is 2.09 bits per heavy atom. The molecule has 1 aromatic rings. The molecule has 7 heteroatoms. The summed E-state index contributed by atoms with van der Waals surface area (Å²) in [6.07, 6.45) is 3.71. The van der Waals surface area contributed by atoms with Crippen LogP contribution in [0.15, 0.2) is 29.2 Å². The predicted molar refractivity (Wildman–Crippen MR) is 85.7 cm³/mol. The number of ether oxygens (including phenoxy) is 1. The number of amides is 1. The van der Waals surface area contributed by atoms with Gasteiger partial charge in [-0.3, -0.25) is 4.79 Å². The van der Waals surface area contributed by atoms with Gasteiger partial charge in [0.2, 0.25) is 10.0 Å². The van der Waals surface area contributed by atoms with Gasteiger partial charge in [-0.1, -0.05) is 6.07 Å². The highest BCUT2D eigenvalue weighted by Gasteiger charge is 2.28. The molecule has 1 saturated carbocycles. The van der Waals surface area contributed by atoms with Crippen molar-refractivity contribution in [1.29, 1.82) is 0 Å². The molecule has 1 aliphatic carbocycles. The molecule has 1 aliphatic heterocycles. The van der Waals surface area contributed by atoms with Gasteiger partial charge in [-0.05, 0) is 50.8 Å². The van der Waals surface area contributed by atoms with Crippen molar-refractivity contribution in [3.05, 3.63) is 29.8 Å². The van der Waals surface area contributed by atoms with Crippen LogP contribution in [-0.2, 0) is 14.8 Å². The first-order chi connectivity index (χ1) is 11.0. The molecule has 0 aromatic heterocycles. The summed E-state index contributed by atoms with van der Waals surface area (Å²) in [5.41, 5.74) is 0.341. The van der Waals surface area contributed by atoms with Crippen molar-refractivity contribution < 1.29 is 17.9 Å². The third kappa shape index (κ3) is 4.10. The molecule has 1 saturated heterocycles. The van der Waals surface area contributed by atoms with Crippen LogP contribution in [0, 0.1) is 0 Å². The molecule has 1 amide bonds. The fourth-order valence-corrected chi connectivity index (χ4v) is 4.02. The normalized spacial score (nSPS) is 22.7. The molecule has 0 bridgehead atoms. The van der Waals surface area contributed by atoms with Gasteiger partial charge in [0, 0.05) is 18.2 Å². The maximum absolute atomic E-state index is 12.3. The van der Waals surface area contributed by atoms with Crippen LogP contribution in [0.3, 0.4) is 0 Å². The minimum atomic E-state index is -3.55. The summed E-state index contributed by atoms with van der Waals surface area (Å²) in [5.74, 6) is -0.281. The monoisotopic (exact) mass is 338 g/mol. The molecule has 1 aromatic carbocycles. The number of hydrogen-bond acceptors (Lipinski definition) is 4. The van der Waals surface area contributed by atoms with E-state index in [1.807, 2.05) is 6.92 Å². The van der Waals surface area contributed by atoms with Gasteiger partial charge in [0.1, 0.15) is 0 Å². The van der Waals surface area contributed by atoms with E-state index in [0.29, 0.717) is 5.56 Å². The van der Waals surface area contributed by atoms with Crippen LogP contribution in [0.2, 0.25) is 0 Å². The van der Waals surface area contributed by atoms with Crippen LogP contribution in [0.1, 0.15) is 43.0 Å². The maximum atomic E-state index is 12.3. The van der Waals surface area contributed by atoms with E-state index < -0.39 is 10.0 Å². The van der Waals surface area contributed by atoms with E-state index in [9.17, 15) is 13.2 Å². The first-order valence-corrected chi connectivity index (χ1v) is 9.49. The third-order valence-electron chi connectivity index (χ3n) is 4.19. The first-order valence-electron chi connectivity index (χ1n) is 8.00. The summed E-state index contributed by atoms with van der Waals surface area (Å²) in [5, 5.41) is 2.89. The van der Waals surface area contributed by atoms with Crippen molar-refractivity contribution in [3.8, 4) is 0 Å². The van der Waals surface area contributed by atoms with E-state index >= 15 is 0 Å². The van der Waals surface area contributed by atoms with Gasteiger partial charge in [0.05, 0.1) is 17.0 Å². The summed E-state index contributed by atoms with van der Waals surface area (Å²) in [4.78, 5) is 12.5. The van der Waals surface area contributed by atoms with E-state index in [-0.39, 0.29) is 29.0 Å². The molecule has 126 valence electrons. The average Bonchev–Trinajstić information content (AvgIpc) is 3.15. The number of rotatable bonds is 6. The van der Waals surface area contributed by atoms with Crippen molar-refractivity contribution >= 4 is 15.9 Å². The quantitative estimate of drug-likeness (QED) is 0.822. The Bertz CT molecular complexity index is 679. The smallest absolute Gasteiger partial charge is 0.251 e. The fourth-order valence-electron chi connectivity index (χ4n) is 2.67. The lowest BCUT2D eigenvalue weighted by Gasteiger charge is -2.20. The molecule has 2 N–H and O–H groups in total. The number of nitrogens with one attached hydrogen (secondary N) is 2. The zero-order valence-corrected chi connectivity index (χ0v) is 13.9. The van der Waals surface area contributed by atoms with Crippen molar-refractivity contribution in [2.24, 2.45) is 0 Å². The Labute approximate surface area is 136 Å². The summed E-state index contributed by atoms with van der Waals surface area (Å²) in [6, 6.07) is 6.07. The van der Waals surface area contributed by atoms with Gasteiger partial charge in [0.25, 0.3) is 5.91 Å². The molecule has 1 heterocycles. The number of carbonyl (C=O) groups excluding carboxylic acids is 1. The van der Waals surface area contributed by atoms with Crippen LogP contribution in [-0.4, -0.2) is 39.1 Å². The molecule has 2 atom stereocenters. The van der Waals surface area contributed by atoms with Crippen LogP contribution in [0.5, 0.6) is 0 Å². The van der Waals surface area contributed by atoms with E-state index in [0.717, 1.165) is 32.3 Å². The molecule has 2 fully saturated rings. The van der Waals surface area contributed by atoms with Gasteiger partial charge >= 0.3 is 0 Å². The SMILES string of the molecule is CC(NC(=O)c1cccc(S(=O)(=O)NC2CC2)c1)C1CCCO1. The van der Waals surface area contributed by atoms with Gasteiger partial charge in [0.15, 0.2) is 0 Å². The number of sulfonamides is 1. The topological polar surface area (TPSA) is 84.5 Å². The molecule has 0 spiro atoms. The summed E-state index contributed by atoms with van der Waals surface area (Å²) < 4.78 is 32.6. The van der Waals surface area contributed by atoms with Crippen molar-refractivity contribution in [1.82, 2.24) is 10.0 Å². The summed E-state index contributed by atoms with van der Waals surface area (Å²) in [7, 11) is -3.55. The van der Waals surface area contributed by atoms with E-state index in [2.05, 4.69) is 10.0 Å². The summed E-state index contributed by atoms with van der Waals surface area (Å²) >= 11 is 0. The van der Waals surface area contributed by atoms with Gasteiger partial charge in [-0.15, -0.1) is 0 Å². The lowest BCUT2D eigenvalue weighted by molar-refractivity contribution is 0.0712. The second-order valence-electron chi connectivity index (χ2n) is 6.24. The molecule has 2 aliphatic rings. The minimum absolute atomic E-state index is 0.0300. The molecule has 3 rings (SSSR count). The third-order valence-corrected chi connectivity index (χ3v) is 5.71. The molecular formula is C16H22N2O4S. The highest BCUT2D eigenvalue weighted by Crippen LogP contribution is 2.22. The predicted octanol–water partition coefficient (Wildman–Crippen LogP) is 1.42. The fraction of sp³-hybridized carbons (Fsp3) is 0.562. The highest BCUT2D eigenvalue weighted by atomic mass is 32.2. The molecular weight excluding hydrogens is 316 g/mol. The minimum Gasteiger partial charge on any atom is -0.376 e. The zero-order valence-electron chi connectivity index (χ0n) is 13.1. The highest BCUT2D eigenvalue weighted by molar-refractivity contribution is 7.89. The van der Waals surface area contributed by atoms with E-state index in [4.69, 9.17) is 4.74 Å². The average molecular weight is 338 g/mol. The molecule has 6 nitrogen and oxygen atoms in total. The van der Waals surface area contributed by atoms with Crippen LogP contribution < -0.4 is 10.0 Å². The van der Waals surface area contributed by atoms with Crippen molar-refractivity contribution in [3.63, 3.8) is 0 Å². The molecule has 2 unspecified atom stereocenters. The Hall–Kier alpha value is -1.44. The van der Waals surface area contributed by atoms with Gasteiger partial charge < -0.3 is 10.1 Å². The van der Waals surface area contributed by atoms with Crippen LogP contribution >= 0.6 is 0 Å². The van der Waals surface area contributed by atoms with Crippen molar-refractivity contribution in [2.45, 2.75) is 55.7 Å². The maximum Gasteiger partial charge on any atom is 0.251 e. The standard InChI is InChI=1S/C16H22N2O4S/c1-11(15-6-3-9-22-15)17-16(19)12-4-2-5-14(10-12)23(20,21)18-13-7-8-13/h2,4-5,10-11,13,15,18H,3,6-9H2,1H3,(H,17,19). The number of benzene rings is 1. The Morgan fingerprint density at radius 1 is 1.30 bits per heavy atom. The lowest BCUT2D eigenvalue weighted by atomic mass is 10.1. The number of carbonyl (C=O) groups is 1. The second-order valence-corrected chi connectivity index (χ2v) is 7.95. The Morgan fingerprint density at radius 3 is 2.74 bits per heavy atom. The molecule has 23 heavy (non-hydrogen) atoms. The summed E-state index contributed by atoms with van der Waals surface area (Å²) in [6.45, 7) is 2.63. The molecule has 0 radical (unpaired) electrons. The number of hydrogen-bond donors (Lipinski definition) is 2. The van der Waals surface area contributed by atoms with E-state index in [1.54, 1.807) is 12.1 Å². The second kappa shape index (κ2) is 6.59. The van der Waals surface area contributed by atoms with E-state index in [1.165, 1.54) is 12.1 Å². The van der Waals surface area contributed by atoms with Crippen molar-refractivity contribution in [2.75, 3.05) is 6.61 Å². The first kappa shape index (κ1) is 16.4. The van der Waals surface area contributed by atoms with Crippen LogP contribution in [0.4, 0.5) is 0 Å². The Balaban J connectivity index is 1.69. The Kier molecular flexibility index (Phi) is 4.70.